The average molecular weight is 1670 g/mol. The van der Waals surface area contributed by atoms with Crippen LogP contribution in [0.1, 0.15) is 27.7 Å². The first kappa shape index (κ1) is 77.6. The lowest BCUT2D eigenvalue weighted by atomic mass is 9.79. The van der Waals surface area contributed by atoms with Crippen LogP contribution in [0.2, 0.25) is 0 Å². The number of halogens is 2. The van der Waals surface area contributed by atoms with Crippen LogP contribution in [-0.2, 0) is 9.31 Å². The largest absolute Gasteiger partial charge is 0.494 e. The Kier molecular flexibility index (Phi) is 23.0. The van der Waals surface area contributed by atoms with E-state index in [4.69, 9.17) is 39.2 Å². The summed E-state index contributed by atoms with van der Waals surface area (Å²) in [5.41, 5.74) is 21.7. The molecule has 0 bridgehead atoms. The number of benzene rings is 13. The van der Waals surface area contributed by atoms with Crippen LogP contribution in [0.5, 0.6) is 0 Å². The Morgan fingerprint density at radius 1 is 0.193 bits per heavy atom. The highest BCUT2D eigenvalue weighted by Gasteiger charge is 2.51. The molecule has 19 rings (SSSR count). The van der Waals surface area contributed by atoms with E-state index in [0.29, 0.717) is 46.6 Å². The zero-order valence-electron chi connectivity index (χ0n) is 65.4. The second kappa shape index (κ2) is 35.3. The third-order valence-electron chi connectivity index (χ3n) is 20.8. The van der Waals surface area contributed by atoms with Gasteiger partial charge in [0.25, 0.3) is 0 Å². The Bertz CT molecular complexity index is 6210. The van der Waals surface area contributed by atoms with Crippen LogP contribution in [-0.4, -0.2) is 78.1 Å². The van der Waals surface area contributed by atoms with Crippen LogP contribution in [0.25, 0.3) is 169 Å². The molecule has 5 aromatic heterocycles. The minimum Gasteiger partial charge on any atom is -0.399 e. The lowest BCUT2D eigenvalue weighted by Gasteiger charge is -2.32. The number of hydrogen-bond acceptors (Lipinski definition) is 14. The van der Waals surface area contributed by atoms with Gasteiger partial charge in [-0.2, -0.15) is 0 Å². The summed E-state index contributed by atoms with van der Waals surface area (Å²) in [4.78, 5) is 56.8. The van der Waals surface area contributed by atoms with Crippen molar-refractivity contribution in [1.82, 2.24) is 59.8 Å². The van der Waals surface area contributed by atoms with Gasteiger partial charge in [-0.3, -0.25) is 0 Å². The van der Waals surface area contributed by atoms with Gasteiger partial charge >= 0.3 is 7.12 Å². The predicted molar refractivity (Wildman–Crippen MR) is 486 cm³/mol. The second-order valence-corrected chi connectivity index (χ2v) is 31.3. The van der Waals surface area contributed by atoms with Gasteiger partial charge in [0.05, 0.1) is 11.2 Å². The standard InChI is InChI=1S/C53H35N7.C33H21Br2N3.C16H19BN2O2/c1-3-11-36(12-4-1)42-15-7-17-44(31-42)51-58-52(45-18-8-16-43(32-45)37-13-5-2-6-14-37)60-53(59-51)48-34-46(38-19-23-40(24-20-38)49-54-27-9-28-55-49)33-47(35-48)39-21-25-41(26-22-39)50-56-29-10-30-57-50;34-29-19-28(20-30(35)21-29)33-37-31(26-15-7-13-24(17-26)22-9-3-1-4-10-22)36-32(38-33)27-16-8-14-25(18-27)23-11-5-2-6-12-23;1-15(2)16(3,4)21-17(20-15)13-8-6-12(7-9-13)14-18-10-5-11-19-14/h1-35H;1-21H;5-11H,1-4H3. The van der Waals surface area contributed by atoms with Crippen molar-refractivity contribution in [3.63, 3.8) is 0 Å². The Morgan fingerprint density at radius 2 is 0.412 bits per heavy atom. The maximum absolute atomic E-state index is 6.04. The fourth-order valence-corrected chi connectivity index (χ4v) is 15.2. The van der Waals surface area contributed by atoms with Crippen molar-refractivity contribution in [2.75, 3.05) is 0 Å². The molecule has 0 aliphatic carbocycles. The van der Waals surface area contributed by atoms with Gasteiger partial charge in [0.1, 0.15) is 0 Å². The molecule has 14 nitrogen and oxygen atoms in total. The first-order valence-corrected chi connectivity index (χ1v) is 40.6. The van der Waals surface area contributed by atoms with Crippen molar-refractivity contribution >= 4 is 44.4 Å². The third kappa shape index (κ3) is 18.3. The molecule has 572 valence electrons. The monoisotopic (exact) mass is 1670 g/mol. The molecule has 6 heterocycles. The van der Waals surface area contributed by atoms with Crippen molar-refractivity contribution < 1.29 is 9.31 Å². The molecule has 18 aromatic rings. The summed E-state index contributed by atoms with van der Waals surface area (Å²) >= 11 is 7.21. The zero-order chi connectivity index (χ0) is 81.1. The van der Waals surface area contributed by atoms with E-state index < -0.39 is 0 Å². The molecule has 0 atom stereocenters. The van der Waals surface area contributed by atoms with Crippen LogP contribution in [0.3, 0.4) is 0 Å². The van der Waals surface area contributed by atoms with Crippen LogP contribution >= 0.6 is 31.9 Å². The van der Waals surface area contributed by atoms with Gasteiger partial charge in [0.2, 0.25) is 0 Å². The van der Waals surface area contributed by atoms with E-state index in [0.717, 1.165) is 137 Å². The average Bonchev–Trinajstić information content (AvgIpc) is 1.73. The smallest absolute Gasteiger partial charge is 0.399 e. The van der Waals surface area contributed by atoms with E-state index >= 15 is 0 Å². The van der Waals surface area contributed by atoms with Gasteiger partial charge in [-0.05, 0) is 179 Å². The first-order valence-electron chi connectivity index (χ1n) is 39.0. The van der Waals surface area contributed by atoms with E-state index in [1.54, 1.807) is 37.2 Å². The lowest BCUT2D eigenvalue weighted by molar-refractivity contribution is 0.00578. The summed E-state index contributed by atoms with van der Waals surface area (Å²) in [5.74, 6) is 5.69. The van der Waals surface area contributed by atoms with Gasteiger partial charge in [-0.1, -0.05) is 299 Å². The molecule has 0 radical (unpaired) electrons. The predicted octanol–water partition coefficient (Wildman–Crippen LogP) is 24.6. The normalized spacial score (nSPS) is 12.5. The van der Waals surface area contributed by atoms with Crippen molar-refractivity contribution in [3.05, 3.63) is 392 Å². The summed E-state index contributed by atoms with van der Waals surface area (Å²) in [7, 11) is -0.333. The lowest BCUT2D eigenvalue weighted by Crippen LogP contribution is -2.41. The molecule has 1 aliphatic heterocycles. The molecule has 1 fully saturated rings. The summed E-state index contributed by atoms with van der Waals surface area (Å²) < 4.78 is 14.0. The van der Waals surface area contributed by atoms with Crippen LogP contribution in [0, 0.1) is 0 Å². The Balaban J connectivity index is 0.000000145. The highest BCUT2D eigenvalue weighted by molar-refractivity contribution is 9.11. The minimum atomic E-state index is -0.333. The van der Waals surface area contributed by atoms with E-state index in [2.05, 4.69) is 302 Å². The highest BCUT2D eigenvalue weighted by Crippen LogP contribution is 2.40. The summed E-state index contributed by atoms with van der Waals surface area (Å²) in [6, 6.07) is 118. The van der Waals surface area contributed by atoms with Crippen molar-refractivity contribution in [3.8, 4) is 169 Å². The van der Waals surface area contributed by atoms with E-state index in [-0.39, 0.29) is 18.3 Å². The van der Waals surface area contributed by atoms with Crippen LogP contribution in [0.15, 0.2) is 392 Å². The Morgan fingerprint density at radius 3 is 0.706 bits per heavy atom. The Hall–Kier alpha value is -13.9. The summed E-state index contributed by atoms with van der Waals surface area (Å²) in [6.07, 6.45) is 10.5. The van der Waals surface area contributed by atoms with E-state index in [9.17, 15) is 0 Å². The van der Waals surface area contributed by atoms with Crippen molar-refractivity contribution in [1.29, 1.82) is 0 Å². The maximum atomic E-state index is 6.04. The molecule has 0 amide bonds. The van der Waals surface area contributed by atoms with Gasteiger partial charge in [-0.25, -0.2) is 59.8 Å². The molecular formula is C102H75BBr2N12O2. The number of aromatic nitrogens is 12. The van der Waals surface area contributed by atoms with E-state index in [1.807, 2.05) is 133 Å². The van der Waals surface area contributed by atoms with Gasteiger partial charge in [0.15, 0.2) is 52.4 Å². The molecule has 0 N–H and O–H groups in total. The molecule has 1 saturated heterocycles. The van der Waals surface area contributed by atoms with Crippen molar-refractivity contribution in [2.45, 2.75) is 38.9 Å². The fourth-order valence-electron chi connectivity index (χ4n) is 13.9. The first-order chi connectivity index (χ1) is 58.2. The Labute approximate surface area is 708 Å². The summed E-state index contributed by atoms with van der Waals surface area (Å²) in [5, 5.41) is 0. The van der Waals surface area contributed by atoms with Crippen LogP contribution < -0.4 is 5.46 Å². The van der Waals surface area contributed by atoms with Crippen molar-refractivity contribution in [2.24, 2.45) is 0 Å². The molecule has 17 heteroatoms. The molecule has 1 aliphatic rings. The number of rotatable bonds is 16. The van der Waals surface area contributed by atoms with Gasteiger partial charge in [-0.15, -0.1) is 0 Å². The number of nitrogens with zero attached hydrogens (tertiary/aromatic N) is 12. The van der Waals surface area contributed by atoms with Crippen LogP contribution in [0.4, 0.5) is 0 Å². The molecule has 0 spiro atoms. The SMILES string of the molecule is Brc1cc(Br)cc(-c2nc(-c3cccc(-c4ccccc4)c3)nc(-c3cccc(-c4ccccc4)c3)n2)c1.CC1(C)OB(c2ccc(-c3ncccn3)cc2)OC1(C)C.c1ccc(-c2cccc(-c3nc(-c4cccc(-c5ccccc5)c4)nc(-c4cc(-c5ccc(-c6ncccn6)cc5)cc(-c5ccc(-c6ncccn6)cc5)c4)n3)c2)cc1. The summed E-state index contributed by atoms with van der Waals surface area (Å²) in [6.45, 7) is 8.22. The fraction of sp³-hybridized carbons (Fsp3) is 0.0588. The molecule has 0 saturated carbocycles. The third-order valence-corrected chi connectivity index (χ3v) is 21.8. The number of hydrogen-bond donors (Lipinski definition) is 0. The molecule has 0 unspecified atom stereocenters. The van der Waals surface area contributed by atoms with Gasteiger partial charge < -0.3 is 9.31 Å². The second-order valence-electron chi connectivity index (χ2n) is 29.4. The molecular weight excluding hydrogens is 1600 g/mol. The quantitative estimate of drug-likeness (QED) is 0.0836. The van der Waals surface area contributed by atoms with E-state index in [1.165, 1.54) is 0 Å². The topological polar surface area (TPSA) is 173 Å². The molecule has 13 aromatic carbocycles. The zero-order valence-corrected chi connectivity index (χ0v) is 68.6. The minimum absolute atomic E-state index is 0.321. The highest BCUT2D eigenvalue weighted by atomic mass is 79.9. The molecule has 119 heavy (non-hydrogen) atoms. The maximum Gasteiger partial charge on any atom is 0.494 e. The van der Waals surface area contributed by atoms with Gasteiger partial charge in [0, 0.05) is 96.2 Å².